The van der Waals surface area contributed by atoms with Gasteiger partial charge >= 0.3 is 0 Å². The molecule has 0 fully saturated rings. The molecule has 0 atom stereocenters. The summed E-state index contributed by atoms with van der Waals surface area (Å²) < 4.78 is 2.23. The van der Waals surface area contributed by atoms with Crippen LogP contribution in [0.2, 0.25) is 0 Å². The van der Waals surface area contributed by atoms with Gasteiger partial charge in [0.25, 0.3) is 0 Å². The summed E-state index contributed by atoms with van der Waals surface area (Å²) in [6.07, 6.45) is 2.63. The molecule has 3 aromatic rings. The average Bonchev–Trinajstić information content (AvgIpc) is 3.07. The van der Waals surface area contributed by atoms with E-state index in [2.05, 4.69) is 58.9 Å². The predicted molar refractivity (Wildman–Crippen MR) is 88.8 cm³/mol. The number of nitriles is 1. The summed E-state index contributed by atoms with van der Waals surface area (Å²) in [5.74, 6) is 0.225. The fraction of sp³-hybridized carbons (Fsp3) is 0.353. The molecule has 0 N–H and O–H groups in total. The van der Waals surface area contributed by atoms with Gasteiger partial charge in [-0.3, -0.25) is 0 Å². The molecule has 0 saturated heterocycles. The first-order valence-electron chi connectivity index (χ1n) is 7.24. The zero-order chi connectivity index (χ0) is 15.7. The molecule has 0 spiro atoms. The van der Waals surface area contributed by atoms with Gasteiger partial charge in [-0.05, 0) is 22.9 Å². The van der Waals surface area contributed by atoms with Crippen LogP contribution in [0.25, 0.3) is 11.0 Å². The lowest BCUT2D eigenvalue weighted by molar-refractivity contribution is 0.344. The van der Waals surface area contributed by atoms with E-state index in [0.717, 1.165) is 24.0 Å². The summed E-state index contributed by atoms with van der Waals surface area (Å²) in [7, 11) is 0. The first kappa shape index (κ1) is 14.7. The molecule has 0 aliphatic heterocycles. The van der Waals surface area contributed by atoms with Crippen LogP contribution in [0.4, 0.5) is 0 Å². The Morgan fingerprint density at radius 2 is 2.18 bits per heavy atom. The number of rotatable bonds is 3. The molecule has 0 aromatic carbocycles. The van der Waals surface area contributed by atoms with Gasteiger partial charge in [0.05, 0.1) is 0 Å². The summed E-state index contributed by atoms with van der Waals surface area (Å²) in [6, 6.07) is 8.39. The molecule has 5 heteroatoms. The molecule has 112 valence electrons. The highest BCUT2D eigenvalue weighted by atomic mass is 32.1. The fourth-order valence-electron chi connectivity index (χ4n) is 2.54. The van der Waals surface area contributed by atoms with Crippen molar-refractivity contribution >= 4 is 22.4 Å². The van der Waals surface area contributed by atoms with E-state index in [1.807, 2.05) is 6.07 Å². The molecular formula is C17H18N4S. The second kappa shape index (κ2) is 5.54. The molecule has 0 bridgehead atoms. The number of aromatic nitrogens is 3. The van der Waals surface area contributed by atoms with E-state index in [0.29, 0.717) is 0 Å². The van der Waals surface area contributed by atoms with Gasteiger partial charge in [-0.2, -0.15) is 5.26 Å². The lowest BCUT2D eigenvalue weighted by Gasteiger charge is -2.21. The summed E-state index contributed by atoms with van der Waals surface area (Å²) >= 11 is 1.76. The maximum absolute atomic E-state index is 9.05. The number of fused-ring (bicyclic) bond motifs is 1. The van der Waals surface area contributed by atoms with Crippen LogP contribution >= 0.6 is 11.3 Å². The molecule has 3 aromatic heterocycles. The zero-order valence-corrected chi connectivity index (χ0v) is 13.8. The van der Waals surface area contributed by atoms with Crippen LogP contribution in [0.1, 0.15) is 37.2 Å². The second-order valence-corrected chi connectivity index (χ2v) is 7.66. The van der Waals surface area contributed by atoms with Crippen LogP contribution in [0, 0.1) is 16.7 Å². The second-order valence-electron chi connectivity index (χ2n) is 6.62. The minimum atomic E-state index is 0.133. The van der Waals surface area contributed by atoms with Crippen molar-refractivity contribution < 1.29 is 0 Å². The van der Waals surface area contributed by atoms with Crippen molar-refractivity contribution in [3.05, 3.63) is 46.2 Å². The third-order valence-electron chi connectivity index (χ3n) is 3.39. The van der Waals surface area contributed by atoms with Gasteiger partial charge < -0.3 is 4.57 Å². The molecule has 0 amide bonds. The summed E-state index contributed by atoms with van der Waals surface area (Å²) in [4.78, 5) is 9.84. The maximum atomic E-state index is 9.05. The Morgan fingerprint density at radius 1 is 1.36 bits per heavy atom. The van der Waals surface area contributed by atoms with Gasteiger partial charge in [-0.1, -0.05) is 26.8 Å². The van der Waals surface area contributed by atoms with Crippen molar-refractivity contribution in [1.29, 1.82) is 5.26 Å². The number of thiophene rings is 1. The minimum absolute atomic E-state index is 0.133. The summed E-state index contributed by atoms with van der Waals surface area (Å²) in [6.45, 7) is 7.49. The summed E-state index contributed by atoms with van der Waals surface area (Å²) in [5.41, 5.74) is 2.21. The molecule has 0 aliphatic rings. The quantitative estimate of drug-likeness (QED) is 0.734. The Labute approximate surface area is 134 Å². The highest BCUT2D eigenvalue weighted by Crippen LogP contribution is 2.26. The van der Waals surface area contributed by atoms with Crippen molar-refractivity contribution in [2.24, 2.45) is 5.41 Å². The summed E-state index contributed by atoms with van der Waals surface area (Å²) in [5, 5.41) is 12.1. The molecule has 0 radical (unpaired) electrons. The van der Waals surface area contributed by atoms with Gasteiger partial charge in [0.15, 0.2) is 0 Å². The Balaban J connectivity index is 2.13. The Kier molecular flexibility index (Phi) is 3.71. The van der Waals surface area contributed by atoms with E-state index in [1.54, 1.807) is 17.5 Å². The van der Waals surface area contributed by atoms with Crippen molar-refractivity contribution in [3.8, 4) is 6.07 Å². The monoisotopic (exact) mass is 310 g/mol. The van der Waals surface area contributed by atoms with Crippen molar-refractivity contribution in [3.63, 3.8) is 0 Å². The standard InChI is InChI=1S/C17H18N4S/c1-17(2,3)11-21-13(8-14-5-4-6-22-14)7-12-10-19-15(9-18)20-16(12)21/h4-7,10H,8,11H2,1-3H3. The van der Waals surface area contributed by atoms with Crippen LogP contribution in [0.5, 0.6) is 0 Å². The van der Waals surface area contributed by atoms with Crippen LogP contribution in [0.3, 0.4) is 0 Å². The van der Waals surface area contributed by atoms with Gasteiger partial charge in [-0.25, -0.2) is 9.97 Å². The molecular weight excluding hydrogens is 292 g/mol. The first-order valence-corrected chi connectivity index (χ1v) is 8.12. The van der Waals surface area contributed by atoms with Crippen LogP contribution < -0.4 is 0 Å². The van der Waals surface area contributed by atoms with E-state index in [4.69, 9.17) is 5.26 Å². The van der Waals surface area contributed by atoms with Crippen molar-refractivity contribution in [1.82, 2.24) is 14.5 Å². The van der Waals surface area contributed by atoms with Gasteiger partial charge in [0.1, 0.15) is 11.7 Å². The first-order chi connectivity index (χ1) is 10.5. The van der Waals surface area contributed by atoms with Crippen LogP contribution in [-0.4, -0.2) is 14.5 Å². The number of nitrogens with zero attached hydrogens (tertiary/aromatic N) is 4. The molecule has 3 rings (SSSR count). The van der Waals surface area contributed by atoms with E-state index in [-0.39, 0.29) is 11.2 Å². The minimum Gasteiger partial charge on any atom is -0.329 e. The van der Waals surface area contributed by atoms with Crippen LogP contribution in [-0.2, 0) is 13.0 Å². The smallest absolute Gasteiger partial charge is 0.234 e. The van der Waals surface area contributed by atoms with E-state index >= 15 is 0 Å². The van der Waals surface area contributed by atoms with Gasteiger partial charge in [0, 0.05) is 35.1 Å². The number of hydrogen-bond donors (Lipinski definition) is 0. The number of hydrogen-bond acceptors (Lipinski definition) is 4. The maximum Gasteiger partial charge on any atom is 0.234 e. The molecule has 22 heavy (non-hydrogen) atoms. The molecule has 4 nitrogen and oxygen atoms in total. The normalized spacial score (nSPS) is 11.7. The lowest BCUT2D eigenvalue weighted by atomic mass is 9.96. The molecule has 0 aliphatic carbocycles. The largest absolute Gasteiger partial charge is 0.329 e. The third kappa shape index (κ3) is 3.02. The van der Waals surface area contributed by atoms with E-state index in [1.165, 1.54) is 10.6 Å². The lowest BCUT2D eigenvalue weighted by Crippen LogP contribution is -2.17. The SMILES string of the molecule is CC(C)(C)Cn1c(Cc2cccs2)cc2cnc(C#N)nc21. The Morgan fingerprint density at radius 3 is 2.82 bits per heavy atom. The van der Waals surface area contributed by atoms with Crippen molar-refractivity contribution in [2.45, 2.75) is 33.7 Å². The third-order valence-corrected chi connectivity index (χ3v) is 4.26. The van der Waals surface area contributed by atoms with E-state index < -0.39 is 0 Å². The zero-order valence-electron chi connectivity index (χ0n) is 13.0. The highest BCUT2D eigenvalue weighted by Gasteiger charge is 2.18. The van der Waals surface area contributed by atoms with Gasteiger partial charge in [-0.15, -0.1) is 11.3 Å². The Bertz CT molecular complexity index is 832. The Hall–Kier alpha value is -2.19. The van der Waals surface area contributed by atoms with Crippen LogP contribution in [0.15, 0.2) is 29.8 Å². The average molecular weight is 310 g/mol. The fourth-order valence-corrected chi connectivity index (χ4v) is 3.26. The molecule has 0 saturated carbocycles. The molecule has 3 heterocycles. The predicted octanol–water partition coefficient (Wildman–Crippen LogP) is 4.00. The van der Waals surface area contributed by atoms with E-state index in [9.17, 15) is 0 Å². The highest BCUT2D eigenvalue weighted by molar-refractivity contribution is 7.09. The topological polar surface area (TPSA) is 54.5 Å². The molecule has 0 unspecified atom stereocenters. The van der Waals surface area contributed by atoms with Gasteiger partial charge in [0.2, 0.25) is 5.82 Å². The van der Waals surface area contributed by atoms with Crippen molar-refractivity contribution in [2.75, 3.05) is 0 Å².